The summed E-state index contributed by atoms with van der Waals surface area (Å²) in [6, 6.07) is 22.8. The molecule has 0 aliphatic rings. The van der Waals surface area contributed by atoms with Gasteiger partial charge in [0.25, 0.3) is 20.2 Å². The maximum Gasteiger partial charge on any atom is 0.295 e. The summed E-state index contributed by atoms with van der Waals surface area (Å²) in [6.07, 6.45) is 2.35. The summed E-state index contributed by atoms with van der Waals surface area (Å²) in [6.45, 7) is 7.93. The number of phenolic OH excluding ortho intramolecular Hbond substituents is 2. The largest absolute Gasteiger partial charge is 0.505 e. The highest BCUT2D eigenvalue weighted by Crippen LogP contribution is 2.43. The maximum absolute atomic E-state index is 12.2. The Kier molecular flexibility index (Phi) is 10.7. The standard InChI is InChI=1S/C40H38N4O8S2/c1-5-23-17-27(18-24(6-2)37(23)43-41-33-21-35(53(47,48)49)29-13-9-11-15-31(29)39(33)45)28-19-25(7-3)38(26(8-4)20-28)44-42-34-22-36(54(50,51)52)30-14-10-12-16-32(30)40(34)46/h9-22,45-46H,5-8H2,1-4H3,(H,47,48,49)(H,50,51,52)/b43-41+,44-42+. The van der Waals surface area contributed by atoms with E-state index in [0.717, 1.165) is 45.5 Å². The molecule has 0 aliphatic carbocycles. The first-order valence-electron chi connectivity index (χ1n) is 17.3. The van der Waals surface area contributed by atoms with Crippen molar-refractivity contribution < 1.29 is 36.2 Å². The van der Waals surface area contributed by atoms with Gasteiger partial charge >= 0.3 is 0 Å². The summed E-state index contributed by atoms with van der Waals surface area (Å²) in [4.78, 5) is -0.769. The van der Waals surface area contributed by atoms with Crippen molar-refractivity contribution in [2.24, 2.45) is 20.5 Å². The molecule has 0 unspecified atom stereocenters. The van der Waals surface area contributed by atoms with Crippen LogP contribution in [0.2, 0.25) is 0 Å². The lowest BCUT2D eigenvalue weighted by Crippen LogP contribution is -1.99. The third-order valence-corrected chi connectivity index (χ3v) is 11.2. The van der Waals surface area contributed by atoms with Gasteiger partial charge in [0.1, 0.15) is 21.2 Å². The van der Waals surface area contributed by atoms with Crippen molar-refractivity contribution in [3.63, 3.8) is 0 Å². The zero-order chi connectivity index (χ0) is 38.9. The lowest BCUT2D eigenvalue weighted by atomic mass is 9.92. The number of phenols is 2. The van der Waals surface area contributed by atoms with Gasteiger partial charge in [-0.1, -0.05) is 76.2 Å². The first-order valence-corrected chi connectivity index (χ1v) is 20.2. The summed E-state index contributed by atoms with van der Waals surface area (Å²) in [5.74, 6) is -0.527. The van der Waals surface area contributed by atoms with E-state index >= 15 is 0 Å². The maximum atomic E-state index is 12.2. The third kappa shape index (κ3) is 7.33. The van der Waals surface area contributed by atoms with Crippen molar-refractivity contribution in [1.29, 1.82) is 0 Å². The second kappa shape index (κ2) is 15.1. The van der Waals surface area contributed by atoms with Gasteiger partial charge in [0.05, 0.1) is 11.4 Å². The molecular weight excluding hydrogens is 729 g/mol. The van der Waals surface area contributed by atoms with Crippen molar-refractivity contribution in [2.75, 3.05) is 0 Å². The molecule has 0 atom stereocenters. The van der Waals surface area contributed by atoms with Crippen LogP contribution < -0.4 is 0 Å². The summed E-state index contributed by atoms with van der Waals surface area (Å²) in [7, 11) is -9.26. The van der Waals surface area contributed by atoms with E-state index in [1.54, 1.807) is 24.3 Å². The van der Waals surface area contributed by atoms with Crippen LogP contribution in [0.15, 0.2) is 115 Å². The van der Waals surface area contributed by atoms with E-state index in [9.17, 15) is 36.2 Å². The summed E-state index contributed by atoms with van der Waals surface area (Å²) in [5, 5.41) is 40.3. The number of nitrogens with zero attached hydrogens (tertiary/aromatic N) is 4. The molecule has 12 nitrogen and oxygen atoms in total. The van der Waals surface area contributed by atoms with Crippen molar-refractivity contribution in [2.45, 2.75) is 63.2 Å². The molecule has 0 saturated carbocycles. The van der Waals surface area contributed by atoms with E-state index in [4.69, 9.17) is 0 Å². The second-order valence-corrected chi connectivity index (χ2v) is 15.4. The van der Waals surface area contributed by atoms with Gasteiger partial charge in [0.15, 0.2) is 11.5 Å². The van der Waals surface area contributed by atoms with Crippen LogP contribution in [0.5, 0.6) is 11.5 Å². The molecule has 14 heteroatoms. The molecule has 278 valence electrons. The monoisotopic (exact) mass is 766 g/mol. The smallest absolute Gasteiger partial charge is 0.295 e. The zero-order valence-corrected chi connectivity index (χ0v) is 31.6. The Morgan fingerprint density at radius 3 is 1.04 bits per heavy atom. The molecular formula is C40H38N4O8S2. The fourth-order valence-corrected chi connectivity index (χ4v) is 8.03. The fourth-order valence-electron chi connectivity index (χ4n) is 6.60. The highest BCUT2D eigenvalue weighted by atomic mass is 32.2. The zero-order valence-electron chi connectivity index (χ0n) is 29.9. The summed E-state index contributed by atoms with van der Waals surface area (Å²) >= 11 is 0. The van der Waals surface area contributed by atoms with Gasteiger partial charge in [0, 0.05) is 21.5 Å². The van der Waals surface area contributed by atoms with Crippen LogP contribution in [-0.4, -0.2) is 36.2 Å². The van der Waals surface area contributed by atoms with E-state index in [2.05, 4.69) is 20.5 Å². The quantitative estimate of drug-likeness (QED) is 0.0737. The molecule has 0 aliphatic heterocycles. The molecule has 0 amide bonds. The first kappa shape index (κ1) is 38.2. The normalized spacial score (nSPS) is 12.5. The van der Waals surface area contributed by atoms with Crippen LogP contribution in [0.3, 0.4) is 0 Å². The topological polar surface area (TPSA) is 199 Å². The highest BCUT2D eigenvalue weighted by Gasteiger charge is 2.22. The van der Waals surface area contributed by atoms with Crippen LogP contribution in [-0.2, 0) is 45.9 Å². The Morgan fingerprint density at radius 2 is 0.759 bits per heavy atom. The summed E-state index contributed by atoms with van der Waals surface area (Å²) < 4.78 is 68.7. The SMILES string of the molecule is CCc1cc(-c2cc(CC)c(/N=N/c3cc(S(=O)(=O)O)c4ccccc4c3O)c(CC)c2)cc(CC)c1/N=N/c1cc(S(=O)(=O)O)c2ccccc2c1O. The van der Waals surface area contributed by atoms with Gasteiger partial charge in [-0.05, 0) is 95.5 Å². The van der Waals surface area contributed by atoms with Gasteiger partial charge in [0.2, 0.25) is 0 Å². The molecule has 0 saturated heterocycles. The molecule has 6 aromatic carbocycles. The van der Waals surface area contributed by atoms with Gasteiger partial charge in [-0.25, -0.2) is 0 Å². The lowest BCUT2D eigenvalue weighted by molar-refractivity contribution is 0.477. The van der Waals surface area contributed by atoms with E-state index in [1.165, 1.54) is 24.3 Å². The van der Waals surface area contributed by atoms with Gasteiger partial charge in [-0.2, -0.15) is 16.8 Å². The van der Waals surface area contributed by atoms with E-state index < -0.39 is 20.2 Å². The van der Waals surface area contributed by atoms with Gasteiger partial charge in [-0.3, -0.25) is 9.11 Å². The van der Waals surface area contributed by atoms with E-state index in [1.807, 2.05) is 52.0 Å². The highest BCUT2D eigenvalue weighted by molar-refractivity contribution is 7.86. The molecule has 0 bridgehead atoms. The minimum Gasteiger partial charge on any atom is -0.505 e. The molecule has 0 heterocycles. The molecule has 0 radical (unpaired) electrons. The van der Waals surface area contributed by atoms with Gasteiger partial charge in [-0.15, -0.1) is 20.5 Å². The van der Waals surface area contributed by atoms with Crippen molar-refractivity contribution >= 4 is 64.5 Å². The van der Waals surface area contributed by atoms with Crippen LogP contribution in [0, 0.1) is 0 Å². The Bertz CT molecular complexity index is 2510. The van der Waals surface area contributed by atoms with Crippen LogP contribution in [0.25, 0.3) is 32.7 Å². The van der Waals surface area contributed by atoms with Crippen LogP contribution in [0.4, 0.5) is 22.7 Å². The van der Waals surface area contributed by atoms with Crippen LogP contribution >= 0.6 is 0 Å². The number of hydrogen-bond acceptors (Lipinski definition) is 10. The van der Waals surface area contributed by atoms with Crippen molar-refractivity contribution in [3.8, 4) is 22.6 Å². The van der Waals surface area contributed by atoms with E-state index in [-0.39, 0.29) is 54.2 Å². The van der Waals surface area contributed by atoms with Crippen molar-refractivity contribution in [1.82, 2.24) is 0 Å². The lowest BCUT2D eigenvalue weighted by Gasteiger charge is -2.16. The Morgan fingerprint density at radius 1 is 0.463 bits per heavy atom. The third-order valence-electron chi connectivity index (χ3n) is 9.38. The van der Waals surface area contributed by atoms with Crippen molar-refractivity contribution in [3.05, 3.63) is 107 Å². The minimum absolute atomic E-state index is 0.106. The van der Waals surface area contributed by atoms with E-state index in [0.29, 0.717) is 37.1 Å². The number of hydrogen-bond donors (Lipinski definition) is 4. The predicted molar refractivity (Wildman–Crippen MR) is 209 cm³/mol. The molecule has 54 heavy (non-hydrogen) atoms. The number of azo groups is 2. The van der Waals surface area contributed by atoms with Crippen LogP contribution in [0.1, 0.15) is 49.9 Å². The molecule has 6 rings (SSSR count). The minimum atomic E-state index is -4.63. The fraction of sp³-hybridized carbons (Fsp3) is 0.200. The molecule has 0 aromatic heterocycles. The first-order chi connectivity index (χ1) is 25.7. The Labute approximate surface area is 313 Å². The average molecular weight is 767 g/mol. The Balaban J connectivity index is 1.42. The summed E-state index contributed by atoms with van der Waals surface area (Å²) in [5.41, 5.74) is 6.26. The predicted octanol–water partition coefficient (Wildman–Crippen LogP) is 10.6. The number of aryl methyl sites for hydroxylation is 4. The molecule has 6 aromatic rings. The molecule has 0 spiro atoms. The van der Waals surface area contributed by atoms with Gasteiger partial charge < -0.3 is 10.2 Å². The Hall–Kier alpha value is -5.54. The number of aromatic hydroxyl groups is 2. The number of rotatable bonds is 11. The second-order valence-electron chi connectivity index (χ2n) is 12.6. The number of benzene rings is 6. The number of fused-ring (bicyclic) bond motifs is 2. The average Bonchev–Trinajstić information content (AvgIpc) is 3.15. The molecule has 4 N–H and O–H groups in total. The molecule has 0 fully saturated rings.